The maximum Gasteiger partial charge on any atom is 0.332 e. The van der Waals surface area contributed by atoms with Crippen molar-refractivity contribution in [3.05, 3.63) is 117 Å². The number of ether oxygens (including phenoxy) is 1. The number of benzene rings is 3. The molecule has 11 nitrogen and oxygen atoms in total. The summed E-state index contributed by atoms with van der Waals surface area (Å²) in [6.45, 7) is 1.32. The molecule has 1 aliphatic carbocycles. The van der Waals surface area contributed by atoms with Crippen LogP contribution in [0.2, 0.25) is 0 Å². The van der Waals surface area contributed by atoms with Gasteiger partial charge in [0.05, 0.1) is 13.2 Å². The van der Waals surface area contributed by atoms with Crippen LogP contribution in [0.1, 0.15) is 55.0 Å². The number of aromatic nitrogens is 8. The fourth-order valence-electron chi connectivity index (χ4n) is 6.79. The molecule has 0 amide bonds. The van der Waals surface area contributed by atoms with Gasteiger partial charge in [0.25, 0.3) is 5.56 Å². The van der Waals surface area contributed by atoms with Crippen LogP contribution < -0.4 is 11.2 Å². The third-order valence-electron chi connectivity index (χ3n) is 9.23. The van der Waals surface area contributed by atoms with Gasteiger partial charge in [0.1, 0.15) is 5.82 Å². The lowest BCUT2D eigenvalue weighted by atomic mass is 9.88. The van der Waals surface area contributed by atoms with Gasteiger partial charge in [-0.05, 0) is 51.9 Å². The highest BCUT2D eigenvalue weighted by Gasteiger charge is 2.27. The van der Waals surface area contributed by atoms with Crippen molar-refractivity contribution < 1.29 is 4.74 Å². The van der Waals surface area contributed by atoms with Gasteiger partial charge < -0.3 is 9.30 Å². The first kappa shape index (κ1) is 30.5. The molecule has 0 aliphatic heterocycles. The summed E-state index contributed by atoms with van der Waals surface area (Å²) in [5.74, 6) is 1.72. The first-order valence-corrected chi connectivity index (χ1v) is 16.3. The highest BCUT2D eigenvalue weighted by Crippen LogP contribution is 2.34. The summed E-state index contributed by atoms with van der Waals surface area (Å²) < 4.78 is 10.4. The van der Waals surface area contributed by atoms with Crippen LogP contribution in [-0.2, 0) is 30.8 Å². The Labute approximate surface area is 271 Å². The van der Waals surface area contributed by atoms with Crippen molar-refractivity contribution in [3.8, 4) is 22.5 Å². The maximum atomic E-state index is 14.2. The molecular formula is C36H38N8O3. The minimum absolute atomic E-state index is 0.175. The number of hydrogen-bond donors (Lipinski definition) is 1. The minimum Gasteiger partial charge on any atom is -0.383 e. The second kappa shape index (κ2) is 13.7. The number of aryl methyl sites for hydroxylation is 2. The molecule has 1 N–H and O–H groups in total. The van der Waals surface area contributed by atoms with E-state index in [0.29, 0.717) is 36.5 Å². The minimum atomic E-state index is -0.347. The molecule has 6 aromatic rings. The normalized spacial score (nSPS) is 13.8. The van der Waals surface area contributed by atoms with Crippen molar-refractivity contribution in [2.24, 2.45) is 0 Å². The number of H-pyrrole nitrogens is 1. The first-order chi connectivity index (χ1) is 23.1. The number of tetrazole rings is 1. The average Bonchev–Trinajstić information content (AvgIpc) is 3.79. The van der Waals surface area contributed by atoms with E-state index in [-0.39, 0.29) is 30.3 Å². The monoisotopic (exact) mass is 630 g/mol. The third kappa shape index (κ3) is 6.18. The maximum absolute atomic E-state index is 14.2. The zero-order chi connectivity index (χ0) is 32.2. The van der Waals surface area contributed by atoms with Crippen molar-refractivity contribution >= 4 is 11.2 Å². The Hall–Kier alpha value is -5.16. The number of nitrogens with zero attached hydrogens (tertiary/aromatic N) is 7. The fraction of sp³-hybridized carbons (Fsp3) is 0.333. The number of rotatable bonds is 11. The first-order valence-electron chi connectivity index (χ1n) is 16.3. The molecule has 7 rings (SSSR count). The van der Waals surface area contributed by atoms with Gasteiger partial charge in [-0.1, -0.05) is 98.1 Å². The Morgan fingerprint density at radius 3 is 2.28 bits per heavy atom. The number of fused-ring (bicyclic) bond motifs is 1. The van der Waals surface area contributed by atoms with Crippen LogP contribution in [0.25, 0.3) is 33.7 Å². The van der Waals surface area contributed by atoms with Crippen LogP contribution in [0.3, 0.4) is 0 Å². The molecular weight excluding hydrogens is 592 g/mol. The molecule has 0 atom stereocenters. The van der Waals surface area contributed by atoms with Crippen LogP contribution in [0.4, 0.5) is 0 Å². The number of aromatic amines is 1. The van der Waals surface area contributed by atoms with E-state index in [0.717, 1.165) is 59.3 Å². The molecule has 0 bridgehead atoms. The summed E-state index contributed by atoms with van der Waals surface area (Å²) in [4.78, 5) is 33.2. The van der Waals surface area contributed by atoms with Gasteiger partial charge in [-0.3, -0.25) is 13.9 Å². The Morgan fingerprint density at radius 2 is 1.55 bits per heavy atom. The Balaban J connectivity index is 1.32. The van der Waals surface area contributed by atoms with Crippen LogP contribution in [0.15, 0.2) is 88.5 Å². The molecule has 0 spiro atoms. The molecule has 47 heavy (non-hydrogen) atoms. The molecule has 1 fully saturated rings. The smallest absolute Gasteiger partial charge is 0.332 e. The lowest BCUT2D eigenvalue weighted by Gasteiger charge is -2.22. The van der Waals surface area contributed by atoms with Gasteiger partial charge in [0.2, 0.25) is 0 Å². The molecule has 3 heterocycles. The summed E-state index contributed by atoms with van der Waals surface area (Å²) in [5, 5.41) is 14.5. The number of imidazole rings is 1. The predicted molar refractivity (Wildman–Crippen MR) is 180 cm³/mol. The molecule has 0 radical (unpaired) electrons. The molecule has 1 saturated carbocycles. The second-order valence-corrected chi connectivity index (χ2v) is 12.2. The van der Waals surface area contributed by atoms with Gasteiger partial charge >= 0.3 is 5.69 Å². The van der Waals surface area contributed by atoms with Crippen LogP contribution in [-0.4, -0.2) is 53.0 Å². The van der Waals surface area contributed by atoms with Crippen molar-refractivity contribution in [2.45, 2.75) is 64.1 Å². The topological polar surface area (TPSA) is 126 Å². The SMILES string of the molecule is COCCn1c(=O)c2c(nc(C3CCCCC3)n2Cc2ccc(-c3ccccc3-c3nnn[nH]3)cc2)n(CCc2ccccc2)c1=O. The molecule has 3 aromatic heterocycles. The van der Waals surface area contributed by atoms with E-state index in [1.807, 2.05) is 36.4 Å². The quantitative estimate of drug-likeness (QED) is 0.209. The number of methoxy groups -OCH3 is 1. The van der Waals surface area contributed by atoms with E-state index < -0.39 is 0 Å². The zero-order valence-electron chi connectivity index (χ0n) is 26.5. The predicted octanol–water partition coefficient (Wildman–Crippen LogP) is 5.19. The van der Waals surface area contributed by atoms with E-state index in [1.54, 1.807) is 11.7 Å². The van der Waals surface area contributed by atoms with Gasteiger partial charge in [-0.25, -0.2) is 14.9 Å². The van der Waals surface area contributed by atoms with Crippen LogP contribution in [0, 0.1) is 0 Å². The standard InChI is InChI=1S/C36H38N8O3/c1-47-23-22-43-35(45)31-34(42(36(43)46)21-20-25-10-4-2-5-11-25)37-33(28-12-6-3-7-13-28)44(31)24-26-16-18-27(19-17-26)29-14-8-9-15-30(29)32-38-40-41-39-32/h2,4-5,8-11,14-19,28H,3,6-7,12-13,20-24H2,1H3,(H,38,39,40,41). The molecule has 240 valence electrons. The van der Waals surface area contributed by atoms with Gasteiger partial charge in [0.15, 0.2) is 17.0 Å². The summed E-state index contributed by atoms with van der Waals surface area (Å²) in [5.41, 5.74) is 5.38. The molecule has 0 saturated heterocycles. The number of hydrogen-bond acceptors (Lipinski definition) is 7. The fourth-order valence-corrected chi connectivity index (χ4v) is 6.79. The summed E-state index contributed by atoms with van der Waals surface area (Å²) in [7, 11) is 1.58. The second-order valence-electron chi connectivity index (χ2n) is 12.2. The van der Waals surface area contributed by atoms with Crippen molar-refractivity contribution in [2.75, 3.05) is 13.7 Å². The van der Waals surface area contributed by atoms with Gasteiger partial charge in [-0.15, -0.1) is 5.10 Å². The Bertz CT molecular complexity index is 2070. The van der Waals surface area contributed by atoms with Crippen LogP contribution >= 0.6 is 0 Å². The number of nitrogens with one attached hydrogen (secondary N) is 1. The van der Waals surface area contributed by atoms with E-state index in [2.05, 4.69) is 67.7 Å². The van der Waals surface area contributed by atoms with Gasteiger partial charge in [-0.2, -0.15) is 0 Å². The lowest BCUT2D eigenvalue weighted by molar-refractivity contribution is 0.184. The Kier molecular flexibility index (Phi) is 8.87. The highest BCUT2D eigenvalue weighted by molar-refractivity contribution is 5.80. The molecule has 3 aromatic carbocycles. The van der Waals surface area contributed by atoms with Crippen LogP contribution in [0.5, 0.6) is 0 Å². The third-order valence-corrected chi connectivity index (χ3v) is 9.23. The Morgan fingerprint density at radius 1 is 0.809 bits per heavy atom. The summed E-state index contributed by atoms with van der Waals surface area (Å²) in [6, 6.07) is 26.5. The van der Waals surface area contributed by atoms with Gasteiger partial charge in [0, 0.05) is 31.7 Å². The average molecular weight is 631 g/mol. The molecule has 0 unspecified atom stereocenters. The zero-order valence-corrected chi connectivity index (χ0v) is 26.5. The largest absolute Gasteiger partial charge is 0.383 e. The molecule has 1 aliphatic rings. The van der Waals surface area contributed by atoms with Crippen molar-refractivity contribution in [1.29, 1.82) is 0 Å². The lowest BCUT2D eigenvalue weighted by Crippen LogP contribution is -2.41. The summed E-state index contributed by atoms with van der Waals surface area (Å²) >= 11 is 0. The summed E-state index contributed by atoms with van der Waals surface area (Å²) in [6.07, 6.45) is 6.14. The van der Waals surface area contributed by atoms with E-state index >= 15 is 0 Å². The van der Waals surface area contributed by atoms with Crippen molar-refractivity contribution in [1.82, 2.24) is 39.3 Å². The van der Waals surface area contributed by atoms with E-state index in [4.69, 9.17) is 9.72 Å². The van der Waals surface area contributed by atoms with E-state index in [1.165, 1.54) is 11.0 Å². The molecule has 11 heteroatoms. The van der Waals surface area contributed by atoms with Crippen molar-refractivity contribution in [3.63, 3.8) is 0 Å². The highest BCUT2D eigenvalue weighted by atomic mass is 16.5. The van der Waals surface area contributed by atoms with E-state index in [9.17, 15) is 9.59 Å².